The van der Waals surface area contributed by atoms with Crippen LogP contribution in [0.3, 0.4) is 0 Å². The van der Waals surface area contributed by atoms with Crippen molar-refractivity contribution in [2.24, 2.45) is 0 Å². The SMILES string of the molecule is CCc1ccc(NS(=O)(=O)c2cc(N)cc(Cl)c2F)cc1. The first kappa shape index (κ1) is 15.6. The van der Waals surface area contributed by atoms with Gasteiger partial charge in [-0.15, -0.1) is 0 Å². The molecule has 0 unspecified atom stereocenters. The van der Waals surface area contributed by atoms with Gasteiger partial charge in [0.15, 0.2) is 5.82 Å². The maximum atomic E-state index is 13.9. The molecule has 0 saturated heterocycles. The lowest BCUT2D eigenvalue weighted by molar-refractivity contribution is 0.571. The predicted octanol–water partition coefficient (Wildman–Crippen LogP) is 3.42. The lowest BCUT2D eigenvalue weighted by atomic mass is 10.2. The molecule has 0 fully saturated rings. The molecule has 2 aromatic carbocycles. The van der Waals surface area contributed by atoms with Crippen molar-refractivity contribution in [3.63, 3.8) is 0 Å². The molecular formula is C14H14ClFN2O2S. The summed E-state index contributed by atoms with van der Waals surface area (Å²) in [5.74, 6) is -1.02. The van der Waals surface area contributed by atoms with E-state index in [9.17, 15) is 12.8 Å². The van der Waals surface area contributed by atoms with E-state index in [-0.39, 0.29) is 10.7 Å². The van der Waals surface area contributed by atoms with Crippen molar-refractivity contribution in [3.05, 3.63) is 52.8 Å². The topological polar surface area (TPSA) is 72.2 Å². The Balaban J connectivity index is 2.38. The molecule has 0 aliphatic heterocycles. The quantitative estimate of drug-likeness (QED) is 0.845. The summed E-state index contributed by atoms with van der Waals surface area (Å²) in [7, 11) is -4.10. The number of nitrogens with two attached hydrogens (primary N) is 1. The maximum absolute atomic E-state index is 13.9. The molecule has 112 valence electrons. The molecule has 21 heavy (non-hydrogen) atoms. The number of hydrogen-bond acceptors (Lipinski definition) is 3. The first-order chi connectivity index (χ1) is 9.83. The van der Waals surface area contributed by atoms with Gasteiger partial charge in [-0.05, 0) is 36.2 Å². The Bertz CT molecular complexity index is 761. The zero-order valence-electron chi connectivity index (χ0n) is 11.2. The van der Waals surface area contributed by atoms with E-state index in [1.54, 1.807) is 24.3 Å². The van der Waals surface area contributed by atoms with E-state index in [0.29, 0.717) is 5.69 Å². The number of aryl methyl sites for hydroxylation is 1. The third-order valence-electron chi connectivity index (χ3n) is 2.92. The number of rotatable bonds is 4. The Morgan fingerprint density at radius 2 is 1.86 bits per heavy atom. The van der Waals surface area contributed by atoms with Gasteiger partial charge in [-0.2, -0.15) is 0 Å². The van der Waals surface area contributed by atoms with E-state index in [2.05, 4.69) is 4.72 Å². The molecule has 0 saturated carbocycles. The Morgan fingerprint density at radius 3 is 2.43 bits per heavy atom. The van der Waals surface area contributed by atoms with Crippen LogP contribution in [0.2, 0.25) is 5.02 Å². The van der Waals surface area contributed by atoms with Gasteiger partial charge in [0.25, 0.3) is 10.0 Å². The van der Waals surface area contributed by atoms with Gasteiger partial charge in [0.05, 0.1) is 5.02 Å². The van der Waals surface area contributed by atoms with Crippen LogP contribution >= 0.6 is 11.6 Å². The third kappa shape index (κ3) is 3.46. The molecule has 0 aromatic heterocycles. The van der Waals surface area contributed by atoms with Crippen molar-refractivity contribution in [3.8, 4) is 0 Å². The summed E-state index contributed by atoms with van der Waals surface area (Å²) in [5, 5.41) is -0.336. The second-order valence-corrected chi connectivity index (χ2v) is 6.53. The molecule has 3 N–H and O–H groups in total. The first-order valence-electron chi connectivity index (χ1n) is 6.19. The smallest absolute Gasteiger partial charge is 0.264 e. The van der Waals surface area contributed by atoms with E-state index >= 15 is 0 Å². The van der Waals surface area contributed by atoms with Crippen LogP contribution in [-0.4, -0.2) is 8.42 Å². The van der Waals surface area contributed by atoms with Crippen molar-refractivity contribution in [1.82, 2.24) is 0 Å². The summed E-state index contributed by atoms with van der Waals surface area (Å²) in [5.41, 5.74) is 6.99. The second-order valence-electron chi connectivity index (χ2n) is 4.47. The average Bonchev–Trinajstić information content (AvgIpc) is 2.43. The molecule has 0 spiro atoms. The highest BCUT2D eigenvalue weighted by molar-refractivity contribution is 7.92. The number of nitrogens with one attached hydrogen (secondary N) is 1. The number of nitrogen functional groups attached to an aromatic ring is 1. The number of halogens is 2. The van der Waals surface area contributed by atoms with Crippen LogP contribution in [0.5, 0.6) is 0 Å². The van der Waals surface area contributed by atoms with E-state index in [0.717, 1.165) is 24.1 Å². The minimum absolute atomic E-state index is 0.0723. The van der Waals surface area contributed by atoms with Crippen LogP contribution < -0.4 is 10.5 Å². The Labute approximate surface area is 127 Å². The van der Waals surface area contributed by atoms with E-state index < -0.39 is 20.7 Å². The molecule has 7 heteroatoms. The minimum atomic E-state index is -4.10. The summed E-state index contributed by atoms with van der Waals surface area (Å²) >= 11 is 5.62. The van der Waals surface area contributed by atoms with Crippen LogP contribution in [0.25, 0.3) is 0 Å². The van der Waals surface area contributed by atoms with Gasteiger partial charge in [-0.25, -0.2) is 12.8 Å². The third-order valence-corrected chi connectivity index (χ3v) is 4.58. The Kier molecular flexibility index (Phi) is 4.39. The molecule has 0 amide bonds. The van der Waals surface area contributed by atoms with Crippen molar-refractivity contribution < 1.29 is 12.8 Å². The molecular weight excluding hydrogens is 315 g/mol. The fourth-order valence-corrected chi connectivity index (χ4v) is 3.28. The molecule has 0 aliphatic rings. The van der Waals surface area contributed by atoms with Gasteiger partial charge >= 0.3 is 0 Å². The lowest BCUT2D eigenvalue weighted by Crippen LogP contribution is -2.15. The summed E-state index contributed by atoms with van der Waals surface area (Å²) in [6.45, 7) is 1.99. The molecule has 0 bridgehead atoms. The number of hydrogen-bond donors (Lipinski definition) is 2. The molecule has 2 rings (SSSR count). The lowest BCUT2D eigenvalue weighted by Gasteiger charge is -2.11. The van der Waals surface area contributed by atoms with Crippen LogP contribution in [-0.2, 0) is 16.4 Å². The fourth-order valence-electron chi connectivity index (χ4n) is 1.80. The van der Waals surface area contributed by atoms with Crippen molar-refractivity contribution in [2.45, 2.75) is 18.2 Å². The molecule has 0 aliphatic carbocycles. The zero-order chi connectivity index (χ0) is 15.6. The van der Waals surface area contributed by atoms with E-state index in [1.807, 2.05) is 6.92 Å². The van der Waals surface area contributed by atoms with Crippen molar-refractivity contribution in [1.29, 1.82) is 0 Å². The molecule has 0 radical (unpaired) electrons. The van der Waals surface area contributed by atoms with Gasteiger partial charge in [-0.3, -0.25) is 4.72 Å². The van der Waals surface area contributed by atoms with E-state index in [4.69, 9.17) is 17.3 Å². The zero-order valence-corrected chi connectivity index (χ0v) is 12.8. The molecule has 0 heterocycles. The summed E-state index contributed by atoms with van der Waals surface area (Å²) < 4.78 is 40.6. The van der Waals surface area contributed by atoms with Gasteiger partial charge < -0.3 is 5.73 Å². The van der Waals surface area contributed by atoms with Crippen molar-refractivity contribution in [2.75, 3.05) is 10.5 Å². The number of benzene rings is 2. The fraction of sp³-hybridized carbons (Fsp3) is 0.143. The minimum Gasteiger partial charge on any atom is -0.399 e. The standard InChI is InChI=1S/C14H14ClFN2O2S/c1-2-9-3-5-11(6-4-9)18-21(19,20)13-8-10(17)7-12(15)14(13)16/h3-8,18H,2,17H2,1H3. The van der Waals surface area contributed by atoms with Gasteiger partial charge in [0.1, 0.15) is 4.90 Å². The molecule has 0 atom stereocenters. The van der Waals surface area contributed by atoms with Gasteiger partial charge in [0, 0.05) is 11.4 Å². The van der Waals surface area contributed by atoms with Gasteiger partial charge in [0.2, 0.25) is 0 Å². The Morgan fingerprint density at radius 1 is 1.24 bits per heavy atom. The highest BCUT2D eigenvalue weighted by Crippen LogP contribution is 2.27. The summed E-state index contributed by atoms with van der Waals surface area (Å²) in [6, 6.07) is 9.00. The predicted molar refractivity (Wildman–Crippen MR) is 82.5 cm³/mol. The van der Waals surface area contributed by atoms with Crippen LogP contribution in [0.15, 0.2) is 41.3 Å². The van der Waals surface area contributed by atoms with Crippen LogP contribution in [0.4, 0.5) is 15.8 Å². The Hall–Kier alpha value is -1.79. The van der Waals surface area contributed by atoms with Gasteiger partial charge in [-0.1, -0.05) is 30.7 Å². The average molecular weight is 329 g/mol. The monoisotopic (exact) mass is 328 g/mol. The van der Waals surface area contributed by atoms with Crippen LogP contribution in [0.1, 0.15) is 12.5 Å². The summed E-state index contributed by atoms with van der Waals surface area (Å²) in [4.78, 5) is -0.577. The summed E-state index contributed by atoms with van der Waals surface area (Å²) in [6.07, 6.45) is 0.840. The first-order valence-corrected chi connectivity index (χ1v) is 8.06. The number of anilines is 2. The largest absolute Gasteiger partial charge is 0.399 e. The highest BCUT2D eigenvalue weighted by atomic mass is 35.5. The number of sulfonamides is 1. The highest BCUT2D eigenvalue weighted by Gasteiger charge is 2.22. The van der Waals surface area contributed by atoms with Crippen LogP contribution in [0, 0.1) is 5.82 Å². The molecule has 4 nitrogen and oxygen atoms in total. The van der Waals surface area contributed by atoms with Crippen molar-refractivity contribution >= 4 is 33.0 Å². The molecule has 2 aromatic rings. The normalized spacial score (nSPS) is 11.4. The maximum Gasteiger partial charge on any atom is 0.264 e. The second kappa shape index (κ2) is 5.91. The van der Waals surface area contributed by atoms with E-state index in [1.165, 1.54) is 0 Å².